The van der Waals surface area contributed by atoms with E-state index < -0.39 is 0 Å². The maximum Gasteiger partial charge on any atom is 0.218 e. The first-order valence-corrected chi connectivity index (χ1v) is 5.29. The monoisotopic (exact) mass is 317 g/mol. The molecule has 0 saturated heterocycles. The first kappa shape index (κ1) is 11.8. The molecular formula is C9H12IN5. The molecule has 80 valence electrons. The Kier molecular flexibility index (Phi) is 4.35. The van der Waals surface area contributed by atoms with Gasteiger partial charge in [-0.25, -0.2) is 0 Å². The van der Waals surface area contributed by atoms with Crippen molar-refractivity contribution in [1.29, 1.82) is 0 Å². The fourth-order valence-electron chi connectivity index (χ4n) is 0.902. The Hall–Kier alpha value is -1.31. The van der Waals surface area contributed by atoms with E-state index in [0.29, 0.717) is 0 Å². The maximum absolute atomic E-state index is 5.63. The Morgan fingerprint density at radius 1 is 1.33 bits per heavy atom. The van der Waals surface area contributed by atoms with E-state index in [1.54, 1.807) is 7.05 Å². The number of aliphatic imine (C=N–C) groups is 2. The van der Waals surface area contributed by atoms with Crippen LogP contribution in [0.3, 0.4) is 0 Å². The minimum atomic E-state index is 0.144. The molecule has 1 rings (SSSR count). The Balaban J connectivity index is 2.79. The van der Waals surface area contributed by atoms with Gasteiger partial charge in [0.15, 0.2) is 0 Å². The molecule has 0 saturated carbocycles. The summed E-state index contributed by atoms with van der Waals surface area (Å²) in [5.74, 6) is 0.369. The molecule has 0 heterocycles. The van der Waals surface area contributed by atoms with E-state index in [2.05, 4.69) is 37.9 Å². The third-order valence-corrected chi connectivity index (χ3v) is 2.54. The summed E-state index contributed by atoms with van der Waals surface area (Å²) in [5.41, 5.74) is 11.9. The Labute approximate surface area is 102 Å². The maximum atomic E-state index is 5.63. The van der Waals surface area contributed by atoms with E-state index in [4.69, 9.17) is 11.5 Å². The van der Waals surface area contributed by atoms with Gasteiger partial charge in [-0.15, -0.1) is 0 Å². The van der Waals surface area contributed by atoms with Gasteiger partial charge in [-0.05, 0) is 34.7 Å². The van der Waals surface area contributed by atoms with Crippen LogP contribution in [0.15, 0.2) is 34.3 Å². The number of nitrogens with zero attached hydrogens (tertiary/aromatic N) is 2. The van der Waals surface area contributed by atoms with Crippen molar-refractivity contribution in [2.45, 2.75) is 0 Å². The van der Waals surface area contributed by atoms with Gasteiger partial charge < -0.3 is 16.8 Å². The molecule has 1 aromatic rings. The highest BCUT2D eigenvalue weighted by atomic mass is 127. The molecule has 5 N–H and O–H groups in total. The molecule has 0 bridgehead atoms. The molecule has 1 aromatic carbocycles. The predicted molar refractivity (Wildman–Crippen MR) is 72.0 cm³/mol. The van der Waals surface area contributed by atoms with Crippen molar-refractivity contribution in [3.05, 3.63) is 27.8 Å². The molecule has 0 atom stereocenters. The number of para-hydroxylation sites is 1. The molecule has 0 amide bonds. The Morgan fingerprint density at radius 3 is 2.60 bits per heavy atom. The average molecular weight is 317 g/mol. The van der Waals surface area contributed by atoms with Crippen molar-refractivity contribution in [2.75, 3.05) is 12.4 Å². The Morgan fingerprint density at radius 2 is 2.00 bits per heavy atom. The zero-order valence-electron chi connectivity index (χ0n) is 8.24. The summed E-state index contributed by atoms with van der Waals surface area (Å²) in [6.07, 6.45) is 0. The minimum absolute atomic E-state index is 0.144. The van der Waals surface area contributed by atoms with E-state index in [0.717, 1.165) is 9.26 Å². The highest BCUT2D eigenvalue weighted by Gasteiger charge is 1.99. The van der Waals surface area contributed by atoms with Crippen LogP contribution in [0.4, 0.5) is 5.69 Å². The standard InChI is InChI=1S/C9H12IN5/c1-13-8(11)15-9(12)14-7-5-3-2-4-6(7)10/h2-5H,1H3,(H5,11,12,13,14,15). The second-order valence-electron chi connectivity index (χ2n) is 2.68. The van der Waals surface area contributed by atoms with Gasteiger partial charge in [0.05, 0.1) is 5.69 Å². The van der Waals surface area contributed by atoms with Crippen LogP contribution in [-0.4, -0.2) is 19.0 Å². The van der Waals surface area contributed by atoms with Crippen molar-refractivity contribution in [1.82, 2.24) is 0 Å². The van der Waals surface area contributed by atoms with Crippen LogP contribution in [0.2, 0.25) is 0 Å². The molecule has 6 heteroatoms. The lowest BCUT2D eigenvalue weighted by molar-refractivity contribution is 1.34. The number of hydrogen-bond acceptors (Lipinski definition) is 1. The van der Waals surface area contributed by atoms with Gasteiger partial charge in [-0.2, -0.15) is 4.99 Å². The summed E-state index contributed by atoms with van der Waals surface area (Å²) in [6, 6.07) is 7.73. The van der Waals surface area contributed by atoms with Gasteiger partial charge in [0, 0.05) is 10.6 Å². The normalized spacial score (nSPS) is 12.7. The van der Waals surface area contributed by atoms with Crippen molar-refractivity contribution in [2.24, 2.45) is 21.5 Å². The second-order valence-corrected chi connectivity index (χ2v) is 3.85. The first-order valence-electron chi connectivity index (χ1n) is 4.21. The number of benzene rings is 1. The molecule has 0 spiro atoms. The van der Waals surface area contributed by atoms with E-state index in [1.807, 2.05) is 24.3 Å². The van der Waals surface area contributed by atoms with Crippen LogP contribution < -0.4 is 16.8 Å². The molecule has 0 aromatic heterocycles. The van der Waals surface area contributed by atoms with Gasteiger partial charge in [0.25, 0.3) is 0 Å². The largest absolute Gasteiger partial charge is 0.369 e. The van der Waals surface area contributed by atoms with E-state index in [9.17, 15) is 0 Å². The molecule has 0 fully saturated rings. The Bertz CT molecular complexity index is 399. The van der Waals surface area contributed by atoms with Crippen LogP contribution in [0, 0.1) is 3.57 Å². The summed E-state index contributed by atoms with van der Waals surface area (Å²) in [4.78, 5) is 7.52. The number of nitrogens with two attached hydrogens (primary N) is 2. The number of anilines is 1. The predicted octanol–water partition coefficient (Wildman–Crippen LogP) is 0.962. The van der Waals surface area contributed by atoms with Gasteiger partial charge in [-0.3, -0.25) is 4.99 Å². The van der Waals surface area contributed by atoms with E-state index in [1.165, 1.54) is 0 Å². The number of halogens is 1. The summed E-state index contributed by atoms with van der Waals surface area (Å²) in [7, 11) is 1.55. The summed E-state index contributed by atoms with van der Waals surface area (Å²) >= 11 is 2.20. The number of rotatable bonds is 1. The average Bonchev–Trinajstić information content (AvgIpc) is 2.21. The lowest BCUT2D eigenvalue weighted by Crippen LogP contribution is -2.26. The third kappa shape index (κ3) is 3.74. The zero-order chi connectivity index (χ0) is 11.3. The third-order valence-electron chi connectivity index (χ3n) is 1.60. The lowest BCUT2D eigenvalue weighted by atomic mass is 10.3. The fraction of sp³-hybridized carbons (Fsp3) is 0.111. The van der Waals surface area contributed by atoms with Crippen molar-refractivity contribution in [3.63, 3.8) is 0 Å². The highest BCUT2D eigenvalue weighted by Crippen LogP contribution is 2.16. The molecule has 0 aliphatic rings. The number of guanidine groups is 2. The SMILES string of the molecule is CN=C(N)/N=C(\N)Nc1ccccc1I. The molecule has 15 heavy (non-hydrogen) atoms. The lowest BCUT2D eigenvalue weighted by Gasteiger charge is -2.06. The molecule has 0 unspecified atom stereocenters. The smallest absolute Gasteiger partial charge is 0.218 e. The van der Waals surface area contributed by atoms with Crippen LogP contribution in [0.5, 0.6) is 0 Å². The zero-order valence-corrected chi connectivity index (χ0v) is 10.4. The summed E-state index contributed by atoms with van der Waals surface area (Å²) in [6.45, 7) is 0. The molecular weight excluding hydrogens is 305 g/mol. The molecule has 0 aliphatic heterocycles. The summed E-state index contributed by atoms with van der Waals surface area (Å²) < 4.78 is 1.06. The van der Waals surface area contributed by atoms with Crippen LogP contribution in [-0.2, 0) is 0 Å². The van der Waals surface area contributed by atoms with Crippen molar-refractivity contribution in [3.8, 4) is 0 Å². The minimum Gasteiger partial charge on any atom is -0.369 e. The van der Waals surface area contributed by atoms with Crippen LogP contribution in [0.1, 0.15) is 0 Å². The molecule has 5 nitrogen and oxygen atoms in total. The quantitative estimate of drug-likeness (QED) is 0.409. The van der Waals surface area contributed by atoms with Crippen LogP contribution >= 0.6 is 22.6 Å². The van der Waals surface area contributed by atoms with Gasteiger partial charge in [-0.1, -0.05) is 12.1 Å². The second kappa shape index (κ2) is 5.54. The molecule has 0 aliphatic carbocycles. The first-order chi connectivity index (χ1) is 7.13. The number of hydrogen-bond donors (Lipinski definition) is 3. The summed E-state index contributed by atoms with van der Waals surface area (Å²) in [5, 5.41) is 2.93. The fourth-order valence-corrected chi connectivity index (χ4v) is 1.42. The van der Waals surface area contributed by atoms with Crippen molar-refractivity contribution >= 4 is 40.2 Å². The van der Waals surface area contributed by atoms with Gasteiger partial charge >= 0.3 is 0 Å². The van der Waals surface area contributed by atoms with Crippen molar-refractivity contribution < 1.29 is 0 Å². The van der Waals surface area contributed by atoms with E-state index >= 15 is 0 Å². The number of nitrogens with one attached hydrogen (secondary N) is 1. The topological polar surface area (TPSA) is 88.8 Å². The van der Waals surface area contributed by atoms with E-state index in [-0.39, 0.29) is 11.9 Å². The highest BCUT2D eigenvalue weighted by molar-refractivity contribution is 14.1. The van der Waals surface area contributed by atoms with Crippen LogP contribution in [0.25, 0.3) is 0 Å². The van der Waals surface area contributed by atoms with Gasteiger partial charge in [0.2, 0.25) is 11.9 Å². The molecule has 0 radical (unpaired) electrons. The van der Waals surface area contributed by atoms with Gasteiger partial charge in [0.1, 0.15) is 0 Å².